The van der Waals surface area contributed by atoms with Crippen molar-refractivity contribution < 1.29 is 18.0 Å². The molecule has 94 valence electrons. The van der Waals surface area contributed by atoms with Crippen LogP contribution in [-0.4, -0.2) is 15.8 Å². The molecule has 1 aliphatic rings. The monoisotopic (exact) mass is 247 g/mol. The van der Waals surface area contributed by atoms with Gasteiger partial charge in [0.25, 0.3) is 0 Å². The van der Waals surface area contributed by atoms with Gasteiger partial charge in [-0.25, -0.2) is 5.43 Å². The van der Waals surface area contributed by atoms with E-state index in [1.165, 1.54) is 6.92 Å². The first-order valence-corrected chi connectivity index (χ1v) is 5.35. The number of nitrogens with zero attached hydrogens (tertiary/aromatic N) is 2. The lowest BCUT2D eigenvalue weighted by Gasteiger charge is -2.14. The molecule has 1 aromatic rings. The van der Waals surface area contributed by atoms with Crippen LogP contribution in [0.3, 0.4) is 0 Å². The van der Waals surface area contributed by atoms with Gasteiger partial charge in [-0.15, -0.1) is 5.10 Å². The van der Waals surface area contributed by atoms with Gasteiger partial charge in [0.15, 0.2) is 5.69 Å². The summed E-state index contributed by atoms with van der Waals surface area (Å²) in [5, 5.41) is 3.46. The second-order valence-electron chi connectivity index (χ2n) is 4.06. The highest BCUT2D eigenvalue weighted by atomic mass is 19.4. The highest BCUT2D eigenvalue weighted by Gasteiger charge is 2.39. The third kappa shape index (κ3) is 2.27. The molecule has 1 aliphatic carbocycles. The molecular weight excluding hydrogens is 235 g/mol. The molecule has 4 nitrogen and oxygen atoms in total. The molecule has 1 aromatic heterocycles. The van der Waals surface area contributed by atoms with E-state index in [2.05, 4.69) is 10.5 Å². The smallest absolute Gasteiger partial charge is 0.274 e. The van der Waals surface area contributed by atoms with Crippen LogP contribution in [0.5, 0.6) is 0 Å². The second-order valence-corrected chi connectivity index (χ2v) is 4.06. The Kier molecular flexibility index (Phi) is 2.84. The summed E-state index contributed by atoms with van der Waals surface area (Å²) in [6.07, 6.45) is -2.05. The van der Waals surface area contributed by atoms with Gasteiger partial charge in [0.1, 0.15) is 0 Å². The number of hydrogen-bond donors (Lipinski definition) is 1. The number of fused-ring (bicyclic) bond motifs is 1. The van der Waals surface area contributed by atoms with Crippen LogP contribution in [0.2, 0.25) is 0 Å². The normalized spacial score (nSPS) is 15.5. The molecule has 0 saturated heterocycles. The van der Waals surface area contributed by atoms with Crippen molar-refractivity contribution in [3.05, 3.63) is 17.0 Å². The van der Waals surface area contributed by atoms with Crippen molar-refractivity contribution in [3.63, 3.8) is 0 Å². The molecule has 0 spiro atoms. The Morgan fingerprint density at radius 1 is 1.35 bits per heavy atom. The zero-order valence-electron chi connectivity index (χ0n) is 9.26. The lowest BCUT2D eigenvalue weighted by atomic mass is 9.96. The third-order valence-electron chi connectivity index (χ3n) is 2.71. The molecule has 0 unspecified atom stereocenters. The topological polar surface area (TPSA) is 46.9 Å². The summed E-state index contributed by atoms with van der Waals surface area (Å²) in [6.45, 7) is 1.24. The molecule has 7 heteroatoms. The summed E-state index contributed by atoms with van der Waals surface area (Å²) in [6, 6.07) is 0. The standard InChI is InChI=1S/C10H12F3N3O/c1-6(17)14-16-8-5-3-2-4-7(8)9(15-16)10(11,12)13/h2-5H2,1H3,(H,14,17). The number of carbonyl (C=O) groups excluding carboxylic acids is 1. The minimum atomic E-state index is -4.47. The zero-order chi connectivity index (χ0) is 12.6. The Bertz CT molecular complexity index is 450. The summed E-state index contributed by atoms with van der Waals surface area (Å²) < 4.78 is 38.2. The van der Waals surface area contributed by atoms with Crippen molar-refractivity contribution in [1.29, 1.82) is 0 Å². The van der Waals surface area contributed by atoms with Gasteiger partial charge in [0, 0.05) is 12.5 Å². The van der Waals surface area contributed by atoms with Gasteiger partial charge in [0.2, 0.25) is 5.91 Å². The highest BCUT2D eigenvalue weighted by molar-refractivity contribution is 5.80. The second kappa shape index (κ2) is 4.05. The van der Waals surface area contributed by atoms with E-state index in [4.69, 9.17) is 0 Å². The first kappa shape index (κ1) is 11.9. The van der Waals surface area contributed by atoms with Gasteiger partial charge in [0.05, 0.1) is 5.69 Å². The molecule has 1 N–H and O–H groups in total. The fourth-order valence-corrected chi connectivity index (χ4v) is 2.07. The van der Waals surface area contributed by atoms with Crippen LogP contribution in [0.15, 0.2) is 0 Å². The summed E-state index contributed by atoms with van der Waals surface area (Å²) in [5.41, 5.74) is 2.11. The minimum Gasteiger partial charge on any atom is -0.274 e. The predicted molar refractivity (Wildman–Crippen MR) is 53.9 cm³/mol. The van der Waals surface area contributed by atoms with Crippen molar-refractivity contribution in [1.82, 2.24) is 9.89 Å². The quantitative estimate of drug-likeness (QED) is 0.823. The van der Waals surface area contributed by atoms with Crippen LogP contribution >= 0.6 is 0 Å². The Labute approximate surface area is 95.8 Å². The molecule has 0 atom stereocenters. The molecule has 1 heterocycles. The number of nitrogens with one attached hydrogen (secondary N) is 1. The Morgan fingerprint density at radius 3 is 2.59 bits per heavy atom. The van der Waals surface area contributed by atoms with E-state index in [0.29, 0.717) is 18.5 Å². The van der Waals surface area contributed by atoms with Gasteiger partial charge in [-0.1, -0.05) is 0 Å². The molecule has 0 radical (unpaired) electrons. The third-order valence-corrected chi connectivity index (χ3v) is 2.71. The van der Waals surface area contributed by atoms with E-state index in [0.717, 1.165) is 17.6 Å². The predicted octanol–water partition coefficient (Wildman–Crippen LogP) is 1.87. The largest absolute Gasteiger partial charge is 0.435 e. The number of hydrogen-bond acceptors (Lipinski definition) is 2. The fraction of sp³-hybridized carbons (Fsp3) is 0.600. The number of rotatable bonds is 1. The maximum Gasteiger partial charge on any atom is 0.435 e. The minimum absolute atomic E-state index is 0.220. The van der Waals surface area contributed by atoms with Crippen molar-refractivity contribution in [3.8, 4) is 0 Å². The average molecular weight is 247 g/mol. The highest BCUT2D eigenvalue weighted by Crippen LogP contribution is 2.35. The van der Waals surface area contributed by atoms with Crippen LogP contribution in [0.25, 0.3) is 0 Å². The van der Waals surface area contributed by atoms with Crippen molar-refractivity contribution in [2.45, 2.75) is 38.8 Å². The van der Waals surface area contributed by atoms with Crippen LogP contribution in [-0.2, 0) is 23.8 Å². The molecule has 0 aromatic carbocycles. The number of carbonyl (C=O) groups is 1. The SMILES string of the molecule is CC(=O)Nn1nc(C(F)(F)F)c2c1CCCC2. The van der Waals surface area contributed by atoms with Crippen molar-refractivity contribution >= 4 is 5.91 Å². The summed E-state index contributed by atoms with van der Waals surface area (Å²) in [7, 11) is 0. The number of alkyl halides is 3. The number of aromatic nitrogens is 2. The first-order chi connectivity index (χ1) is 7.89. The average Bonchev–Trinajstić information content (AvgIpc) is 2.56. The molecular formula is C10H12F3N3O. The molecule has 0 saturated carbocycles. The summed E-state index contributed by atoms with van der Waals surface area (Å²) >= 11 is 0. The van der Waals surface area contributed by atoms with Crippen LogP contribution in [0.4, 0.5) is 13.2 Å². The van der Waals surface area contributed by atoms with E-state index in [9.17, 15) is 18.0 Å². The molecule has 2 rings (SSSR count). The van der Waals surface area contributed by atoms with Gasteiger partial charge >= 0.3 is 6.18 Å². The first-order valence-electron chi connectivity index (χ1n) is 5.35. The van der Waals surface area contributed by atoms with E-state index in [1.54, 1.807) is 0 Å². The van der Waals surface area contributed by atoms with Gasteiger partial charge in [-0.05, 0) is 25.7 Å². The Hall–Kier alpha value is -1.53. The van der Waals surface area contributed by atoms with Gasteiger partial charge in [-0.3, -0.25) is 4.79 Å². The fourth-order valence-electron chi connectivity index (χ4n) is 2.07. The van der Waals surface area contributed by atoms with E-state index < -0.39 is 17.8 Å². The number of amides is 1. The maximum absolute atomic E-state index is 12.7. The van der Waals surface area contributed by atoms with Crippen LogP contribution < -0.4 is 5.43 Å². The van der Waals surface area contributed by atoms with E-state index >= 15 is 0 Å². The number of halogens is 3. The lowest BCUT2D eigenvalue weighted by Crippen LogP contribution is -2.24. The Balaban J connectivity index is 2.47. The van der Waals surface area contributed by atoms with Crippen LogP contribution in [0, 0.1) is 0 Å². The molecule has 0 fully saturated rings. The molecule has 0 aliphatic heterocycles. The zero-order valence-corrected chi connectivity index (χ0v) is 9.26. The van der Waals surface area contributed by atoms with Gasteiger partial charge < -0.3 is 0 Å². The van der Waals surface area contributed by atoms with Crippen molar-refractivity contribution in [2.24, 2.45) is 0 Å². The van der Waals surface area contributed by atoms with E-state index in [-0.39, 0.29) is 5.56 Å². The lowest BCUT2D eigenvalue weighted by molar-refractivity contribution is -0.142. The van der Waals surface area contributed by atoms with Crippen molar-refractivity contribution in [2.75, 3.05) is 5.43 Å². The Morgan fingerprint density at radius 2 is 2.00 bits per heavy atom. The molecule has 1 amide bonds. The van der Waals surface area contributed by atoms with Gasteiger partial charge in [-0.2, -0.15) is 18.0 Å². The maximum atomic E-state index is 12.7. The molecule has 0 bridgehead atoms. The summed E-state index contributed by atoms with van der Waals surface area (Å²) in [5.74, 6) is -0.436. The molecule has 17 heavy (non-hydrogen) atoms. The summed E-state index contributed by atoms with van der Waals surface area (Å²) in [4.78, 5) is 11.9. The van der Waals surface area contributed by atoms with E-state index in [1.807, 2.05) is 0 Å². The van der Waals surface area contributed by atoms with Crippen LogP contribution in [0.1, 0.15) is 36.7 Å².